The summed E-state index contributed by atoms with van der Waals surface area (Å²) in [5.41, 5.74) is 2.95. The maximum Gasteiger partial charge on any atom is 0.191 e. The van der Waals surface area contributed by atoms with Crippen molar-refractivity contribution in [1.29, 1.82) is 0 Å². The summed E-state index contributed by atoms with van der Waals surface area (Å²) in [4.78, 5) is 13.1. The topological polar surface area (TPSA) is 78.8 Å². The highest BCUT2D eigenvalue weighted by Gasteiger charge is 2.22. The molecule has 0 aromatic heterocycles. The van der Waals surface area contributed by atoms with Crippen molar-refractivity contribution in [3.8, 4) is 0 Å². The second kappa shape index (κ2) is 14.1. The molecule has 0 heterocycles. The van der Waals surface area contributed by atoms with E-state index in [1.54, 1.807) is 12.1 Å². The highest BCUT2D eigenvalue weighted by molar-refractivity contribution is 5.99. The van der Waals surface area contributed by atoms with Gasteiger partial charge in [0.15, 0.2) is 5.78 Å². The number of unbranched alkanes of at least 4 members (excludes halogenated alkanes) is 1. The molecule has 0 saturated heterocycles. The number of Topliss-reactive ketones (excluding diaryl/α,β-unsaturated/α-hetero) is 1. The number of aliphatic hydroxyl groups is 2. The number of benzene rings is 2. The van der Waals surface area contributed by atoms with E-state index in [0.717, 1.165) is 12.0 Å². The Labute approximate surface area is 186 Å². The zero-order valence-electron chi connectivity index (χ0n) is 18.8. The first-order chi connectivity index (χ1) is 15.0. The number of aliphatic hydroxyl groups excluding tert-OH is 2. The third-order valence-corrected chi connectivity index (χ3v) is 5.37. The van der Waals surface area contributed by atoms with Crippen LogP contribution in [-0.2, 0) is 17.6 Å². The number of nitrogens with one attached hydrogen (secondary N) is 1. The van der Waals surface area contributed by atoms with E-state index in [1.807, 2.05) is 25.1 Å². The molecule has 0 bridgehead atoms. The average molecular weight is 428 g/mol. The van der Waals surface area contributed by atoms with Crippen LogP contribution in [0.15, 0.2) is 54.6 Å². The highest BCUT2D eigenvalue weighted by Crippen LogP contribution is 2.15. The van der Waals surface area contributed by atoms with Gasteiger partial charge in [0, 0.05) is 31.2 Å². The van der Waals surface area contributed by atoms with Gasteiger partial charge in [0.25, 0.3) is 0 Å². The van der Waals surface area contributed by atoms with Gasteiger partial charge in [-0.3, -0.25) is 4.79 Å². The monoisotopic (exact) mass is 427 g/mol. The van der Waals surface area contributed by atoms with Crippen LogP contribution in [0.1, 0.15) is 54.6 Å². The lowest BCUT2D eigenvalue weighted by molar-refractivity contribution is -0.00247. The van der Waals surface area contributed by atoms with Crippen molar-refractivity contribution in [1.82, 2.24) is 5.32 Å². The fraction of sp³-hybridized carbons (Fsp3) is 0.500. The van der Waals surface area contributed by atoms with E-state index in [0.29, 0.717) is 24.9 Å². The predicted molar refractivity (Wildman–Crippen MR) is 124 cm³/mol. The van der Waals surface area contributed by atoms with Crippen molar-refractivity contribution in [2.75, 3.05) is 19.8 Å². The van der Waals surface area contributed by atoms with Crippen LogP contribution in [0.25, 0.3) is 0 Å². The minimum Gasteiger partial charge on any atom is -0.396 e. The molecule has 2 aromatic carbocycles. The zero-order valence-corrected chi connectivity index (χ0v) is 18.8. The lowest BCUT2D eigenvalue weighted by Crippen LogP contribution is -2.38. The average Bonchev–Trinajstić information content (AvgIpc) is 2.80. The van der Waals surface area contributed by atoms with Crippen LogP contribution < -0.4 is 5.32 Å². The minimum atomic E-state index is -0.733. The molecule has 0 aliphatic rings. The summed E-state index contributed by atoms with van der Waals surface area (Å²) in [6, 6.07) is 17.6. The summed E-state index contributed by atoms with van der Waals surface area (Å²) >= 11 is 0. The maximum absolute atomic E-state index is 13.1. The Morgan fingerprint density at radius 3 is 2.39 bits per heavy atom. The Balaban J connectivity index is 2.00. The summed E-state index contributed by atoms with van der Waals surface area (Å²) in [5, 5.41) is 22.4. The molecule has 2 aromatic rings. The van der Waals surface area contributed by atoms with Crippen LogP contribution in [0.2, 0.25) is 0 Å². The molecule has 3 N–H and O–H groups in total. The molecule has 5 nitrogen and oxygen atoms in total. The van der Waals surface area contributed by atoms with Crippen LogP contribution in [0.4, 0.5) is 0 Å². The Kier molecular flexibility index (Phi) is 11.5. The number of carbonyl (C=O) groups excluding carboxylic acids is 1. The van der Waals surface area contributed by atoms with E-state index in [-0.39, 0.29) is 25.0 Å². The molecule has 170 valence electrons. The lowest BCUT2D eigenvalue weighted by atomic mass is 9.98. The molecule has 0 spiro atoms. The van der Waals surface area contributed by atoms with Crippen molar-refractivity contribution in [2.45, 2.75) is 64.2 Å². The Bertz CT molecular complexity index is 748. The van der Waals surface area contributed by atoms with Gasteiger partial charge in [-0.1, -0.05) is 67.9 Å². The summed E-state index contributed by atoms with van der Waals surface area (Å²) in [5.74, 6) is -0.0792. The smallest absolute Gasteiger partial charge is 0.191 e. The molecule has 0 aliphatic carbocycles. The van der Waals surface area contributed by atoms with Gasteiger partial charge in [-0.15, -0.1) is 0 Å². The molecule has 2 rings (SSSR count). The number of hydrogen-bond acceptors (Lipinski definition) is 5. The van der Waals surface area contributed by atoms with Gasteiger partial charge in [-0.25, -0.2) is 0 Å². The van der Waals surface area contributed by atoms with Gasteiger partial charge in [-0.2, -0.15) is 0 Å². The quantitative estimate of drug-likeness (QED) is 0.379. The Morgan fingerprint density at radius 2 is 1.74 bits per heavy atom. The SMILES string of the molecule is CCCCc1ccc(CC(OCC(O)CNC(C)CCO)C(=O)c2ccccc2)cc1. The van der Waals surface area contributed by atoms with Gasteiger partial charge in [-0.05, 0) is 37.3 Å². The second-order valence-electron chi connectivity index (χ2n) is 8.15. The summed E-state index contributed by atoms with van der Waals surface area (Å²) in [6.07, 6.45) is 3.09. The van der Waals surface area contributed by atoms with Crippen LogP contribution >= 0.6 is 0 Å². The molecule has 31 heavy (non-hydrogen) atoms. The van der Waals surface area contributed by atoms with E-state index in [4.69, 9.17) is 9.84 Å². The zero-order chi connectivity index (χ0) is 22.5. The fourth-order valence-electron chi connectivity index (χ4n) is 3.37. The second-order valence-corrected chi connectivity index (χ2v) is 8.15. The highest BCUT2D eigenvalue weighted by atomic mass is 16.5. The number of carbonyl (C=O) groups is 1. The molecular weight excluding hydrogens is 390 g/mol. The van der Waals surface area contributed by atoms with E-state index < -0.39 is 12.2 Å². The van der Waals surface area contributed by atoms with Gasteiger partial charge < -0.3 is 20.3 Å². The van der Waals surface area contributed by atoms with Crippen LogP contribution in [-0.4, -0.2) is 54.0 Å². The number of aryl methyl sites for hydroxylation is 1. The third kappa shape index (κ3) is 9.32. The summed E-state index contributed by atoms with van der Waals surface area (Å²) < 4.78 is 5.92. The number of rotatable bonds is 15. The van der Waals surface area contributed by atoms with Gasteiger partial charge in [0.2, 0.25) is 0 Å². The summed E-state index contributed by atoms with van der Waals surface area (Å²) in [6.45, 7) is 4.65. The first kappa shape index (κ1) is 25.2. The first-order valence-electron chi connectivity index (χ1n) is 11.3. The van der Waals surface area contributed by atoms with Crippen LogP contribution in [0.5, 0.6) is 0 Å². The van der Waals surface area contributed by atoms with Crippen molar-refractivity contribution in [3.05, 3.63) is 71.3 Å². The molecular formula is C26H37NO4. The van der Waals surface area contributed by atoms with E-state index in [1.165, 1.54) is 18.4 Å². The Morgan fingerprint density at radius 1 is 1.06 bits per heavy atom. The van der Waals surface area contributed by atoms with Crippen molar-refractivity contribution in [2.24, 2.45) is 0 Å². The standard InChI is InChI=1S/C26H37NO4/c1-3-4-8-21-11-13-22(14-12-21)17-25(26(30)23-9-6-5-7-10-23)31-19-24(29)18-27-20(2)15-16-28/h5-7,9-14,20,24-25,27-29H,3-4,8,15-19H2,1-2H3. The molecule has 0 radical (unpaired) electrons. The molecule has 3 atom stereocenters. The third-order valence-electron chi connectivity index (χ3n) is 5.37. The van der Waals surface area contributed by atoms with Crippen molar-refractivity contribution < 1.29 is 19.7 Å². The number of hydrogen-bond donors (Lipinski definition) is 3. The van der Waals surface area contributed by atoms with E-state index in [2.05, 4.69) is 36.5 Å². The Hall–Kier alpha value is -2.05. The molecule has 0 aliphatic heterocycles. The van der Waals surface area contributed by atoms with Gasteiger partial charge in [0.05, 0.1) is 12.7 Å². The summed E-state index contributed by atoms with van der Waals surface area (Å²) in [7, 11) is 0. The van der Waals surface area contributed by atoms with Gasteiger partial charge >= 0.3 is 0 Å². The fourth-order valence-corrected chi connectivity index (χ4v) is 3.37. The van der Waals surface area contributed by atoms with Gasteiger partial charge in [0.1, 0.15) is 6.10 Å². The van der Waals surface area contributed by atoms with Crippen LogP contribution in [0, 0.1) is 0 Å². The molecule has 0 saturated carbocycles. The van der Waals surface area contributed by atoms with E-state index in [9.17, 15) is 9.90 Å². The lowest BCUT2D eigenvalue weighted by Gasteiger charge is -2.21. The molecule has 0 amide bonds. The predicted octanol–water partition coefficient (Wildman–Crippen LogP) is 3.56. The number of ketones is 1. The van der Waals surface area contributed by atoms with Crippen molar-refractivity contribution >= 4 is 5.78 Å². The largest absolute Gasteiger partial charge is 0.396 e. The van der Waals surface area contributed by atoms with Crippen LogP contribution in [0.3, 0.4) is 0 Å². The number of ether oxygens (including phenoxy) is 1. The van der Waals surface area contributed by atoms with E-state index >= 15 is 0 Å². The molecule has 3 unspecified atom stereocenters. The molecule has 0 fully saturated rings. The minimum absolute atomic E-state index is 0.0661. The molecule has 5 heteroatoms. The maximum atomic E-state index is 13.1. The first-order valence-corrected chi connectivity index (χ1v) is 11.3. The normalized spacial score (nSPS) is 14.2. The van der Waals surface area contributed by atoms with Crippen molar-refractivity contribution in [3.63, 3.8) is 0 Å².